The maximum absolute atomic E-state index is 12.3. The van der Waals surface area contributed by atoms with Crippen LogP contribution in [0, 0.1) is 0 Å². The Labute approximate surface area is 139 Å². The van der Waals surface area contributed by atoms with Crippen LogP contribution >= 0.6 is 0 Å². The Balaban J connectivity index is 2.17. The number of phenols is 1. The smallest absolute Gasteiger partial charge is 0.316 e. The third-order valence-electron chi connectivity index (χ3n) is 3.39. The molecule has 2 amide bonds. The monoisotopic (exact) mass is 330 g/mol. The average molecular weight is 330 g/mol. The predicted octanol–water partition coefficient (Wildman–Crippen LogP) is 2.01. The van der Waals surface area contributed by atoms with Crippen LogP contribution < -0.4 is 19.7 Å². The highest BCUT2D eigenvalue weighted by molar-refractivity contribution is 6.44. The van der Waals surface area contributed by atoms with Crippen molar-refractivity contribution >= 4 is 23.2 Å². The van der Waals surface area contributed by atoms with Gasteiger partial charge in [-0.25, -0.2) is 0 Å². The van der Waals surface area contributed by atoms with Crippen molar-refractivity contribution in [1.29, 1.82) is 0 Å². The Kier molecular flexibility index (Phi) is 5.26. The molecule has 0 saturated heterocycles. The molecule has 2 aromatic rings. The summed E-state index contributed by atoms with van der Waals surface area (Å²) in [5, 5.41) is 11.8. The summed E-state index contributed by atoms with van der Waals surface area (Å²) in [5.74, 6) is -0.581. The fraction of sp³-hybridized carbons (Fsp3) is 0.176. The molecule has 7 heteroatoms. The van der Waals surface area contributed by atoms with Crippen molar-refractivity contribution in [2.45, 2.75) is 0 Å². The summed E-state index contributed by atoms with van der Waals surface area (Å²) in [7, 11) is 4.43. The van der Waals surface area contributed by atoms with Crippen LogP contribution in [0.2, 0.25) is 0 Å². The Morgan fingerprint density at radius 1 is 1.04 bits per heavy atom. The second-order valence-electron chi connectivity index (χ2n) is 4.90. The molecule has 0 aliphatic carbocycles. The summed E-state index contributed by atoms with van der Waals surface area (Å²) in [4.78, 5) is 25.7. The lowest BCUT2D eigenvalue weighted by Gasteiger charge is -2.17. The number of likely N-dealkylation sites (N-methyl/N-ethyl adjacent to an activating group) is 1. The first-order chi connectivity index (χ1) is 11.5. The van der Waals surface area contributed by atoms with E-state index < -0.39 is 11.8 Å². The van der Waals surface area contributed by atoms with Crippen molar-refractivity contribution < 1.29 is 24.2 Å². The van der Waals surface area contributed by atoms with E-state index in [1.165, 1.54) is 50.4 Å². The number of anilines is 2. The Morgan fingerprint density at radius 3 is 2.29 bits per heavy atom. The Morgan fingerprint density at radius 2 is 1.71 bits per heavy atom. The van der Waals surface area contributed by atoms with Crippen LogP contribution in [0.3, 0.4) is 0 Å². The molecule has 2 aromatic carbocycles. The van der Waals surface area contributed by atoms with Gasteiger partial charge in [0.2, 0.25) is 0 Å². The maximum Gasteiger partial charge on any atom is 0.316 e. The molecule has 0 heterocycles. The fourth-order valence-corrected chi connectivity index (χ4v) is 2.03. The van der Waals surface area contributed by atoms with Gasteiger partial charge in [0.25, 0.3) is 0 Å². The van der Waals surface area contributed by atoms with E-state index in [-0.39, 0.29) is 5.75 Å². The van der Waals surface area contributed by atoms with Crippen LogP contribution in [0.15, 0.2) is 42.5 Å². The topological polar surface area (TPSA) is 88.1 Å². The second-order valence-corrected chi connectivity index (χ2v) is 4.90. The van der Waals surface area contributed by atoms with Gasteiger partial charge in [-0.15, -0.1) is 0 Å². The van der Waals surface area contributed by atoms with Crippen molar-refractivity contribution in [3.63, 3.8) is 0 Å². The van der Waals surface area contributed by atoms with Gasteiger partial charge in [-0.2, -0.15) is 0 Å². The summed E-state index contributed by atoms with van der Waals surface area (Å²) in [6.45, 7) is 0. The minimum absolute atomic E-state index is 0.0742. The highest BCUT2D eigenvalue weighted by Gasteiger charge is 2.21. The van der Waals surface area contributed by atoms with Gasteiger partial charge in [-0.3, -0.25) is 9.59 Å². The van der Waals surface area contributed by atoms with Crippen LogP contribution in [0.1, 0.15) is 0 Å². The summed E-state index contributed by atoms with van der Waals surface area (Å²) in [6.07, 6.45) is 0. The normalized spacial score (nSPS) is 9.96. The summed E-state index contributed by atoms with van der Waals surface area (Å²) < 4.78 is 10.3. The van der Waals surface area contributed by atoms with Crippen LogP contribution in [0.5, 0.6) is 17.2 Å². The van der Waals surface area contributed by atoms with Gasteiger partial charge in [0, 0.05) is 18.8 Å². The van der Waals surface area contributed by atoms with Gasteiger partial charge in [0.1, 0.15) is 17.2 Å². The quantitative estimate of drug-likeness (QED) is 0.837. The lowest BCUT2D eigenvalue weighted by Crippen LogP contribution is -2.37. The first kappa shape index (κ1) is 17.1. The molecule has 0 fully saturated rings. The molecule has 0 bridgehead atoms. The number of carbonyl (C=O) groups is 2. The lowest BCUT2D eigenvalue weighted by atomic mass is 10.2. The molecule has 2 N–H and O–H groups in total. The largest absolute Gasteiger partial charge is 0.508 e. The van der Waals surface area contributed by atoms with Crippen molar-refractivity contribution in [3.8, 4) is 17.2 Å². The summed E-state index contributed by atoms with van der Waals surface area (Å²) in [5.41, 5.74) is 0.805. The Hall–Kier alpha value is -3.22. The highest BCUT2D eigenvalue weighted by Crippen LogP contribution is 2.29. The standard InChI is InChI=1S/C17H18N2O5/c1-19(11-4-6-12(20)7-5-11)17(22)16(21)18-14-10-13(23-2)8-9-15(14)24-3/h4-10,20H,1-3H3,(H,18,21). The second kappa shape index (κ2) is 7.36. The van der Waals surface area contributed by atoms with E-state index in [4.69, 9.17) is 9.47 Å². The fourth-order valence-electron chi connectivity index (χ4n) is 2.03. The van der Waals surface area contributed by atoms with E-state index in [0.29, 0.717) is 22.9 Å². The van der Waals surface area contributed by atoms with Crippen LogP contribution in [0.4, 0.5) is 11.4 Å². The number of aromatic hydroxyl groups is 1. The molecule has 0 saturated carbocycles. The van der Waals surface area contributed by atoms with Gasteiger partial charge in [-0.1, -0.05) is 0 Å². The van der Waals surface area contributed by atoms with Crippen LogP contribution in [0.25, 0.3) is 0 Å². The SMILES string of the molecule is COc1ccc(OC)c(NC(=O)C(=O)N(C)c2ccc(O)cc2)c1. The number of benzene rings is 2. The van der Waals surface area contributed by atoms with E-state index in [1.54, 1.807) is 18.2 Å². The summed E-state index contributed by atoms with van der Waals surface area (Å²) in [6, 6.07) is 10.8. The number of hydrogen-bond donors (Lipinski definition) is 2. The number of ether oxygens (including phenoxy) is 2. The molecule has 126 valence electrons. The Bertz CT molecular complexity index is 743. The van der Waals surface area contributed by atoms with Crippen molar-refractivity contribution in [2.24, 2.45) is 0 Å². The number of nitrogens with zero attached hydrogens (tertiary/aromatic N) is 1. The molecule has 0 radical (unpaired) electrons. The first-order valence-electron chi connectivity index (χ1n) is 7.06. The molecule has 0 unspecified atom stereocenters. The van der Waals surface area contributed by atoms with Crippen LogP contribution in [-0.2, 0) is 9.59 Å². The number of rotatable bonds is 4. The molecular formula is C17H18N2O5. The number of amides is 2. The number of nitrogens with one attached hydrogen (secondary N) is 1. The zero-order valence-electron chi connectivity index (χ0n) is 13.6. The molecule has 7 nitrogen and oxygen atoms in total. The third kappa shape index (κ3) is 3.75. The molecule has 0 aliphatic rings. The van der Waals surface area contributed by atoms with Gasteiger partial charge in [0.05, 0.1) is 19.9 Å². The third-order valence-corrected chi connectivity index (χ3v) is 3.39. The van der Waals surface area contributed by atoms with Gasteiger partial charge in [-0.05, 0) is 36.4 Å². The predicted molar refractivity (Wildman–Crippen MR) is 89.7 cm³/mol. The molecule has 0 aliphatic heterocycles. The first-order valence-corrected chi connectivity index (χ1v) is 7.06. The van der Waals surface area contributed by atoms with Crippen molar-refractivity contribution in [1.82, 2.24) is 0 Å². The number of carbonyl (C=O) groups excluding carboxylic acids is 2. The van der Waals surface area contributed by atoms with Gasteiger partial charge < -0.3 is 24.8 Å². The molecule has 2 rings (SSSR count). The highest BCUT2D eigenvalue weighted by atomic mass is 16.5. The van der Waals surface area contributed by atoms with E-state index in [1.807, 2.05) is 0 Å². The molecular weight excluding hydrogens is 312 g/mol. The molecule has 0 atom stereocenters. The van der Waals surface area contributed by atoms with Gasteiger partial charge >= 0.3 is 11.8 Å². The van der Waals surface area contributed by atoms with Crippen molar-refractivity contribution in [3.05, 3.63) is 42.5 Å². The zero-order valence-corrected chi connectivity index (χ0v) is 13.6. The zero-order chi connectivity index (χ0) is 17.7. The minimum Gasteiger partial charge on any atom is -0.508 e. The van der Waals surface area contributed by atoms with Crippen LogP contribution in [-0.4, -0.2) is 38.2 Å². The van der Waals surface area contributed by atoms with E-state index in [9.17, 15) is 14.7 Å². The number of hydrogen-bond acceptors (Lipinski definition) is 5. The van der Waals surface area contributed by atoms with E-state index in [2.05, 4.69) is 5.32 Å². The van der Waals surface area contributed by atoms with E-state index >= 15 is 0 Å². The minimum atomic E-state index is -0.822. The lowest BCUT2D eigenvalue weighted by molar-refractivity contribution is -0.134. The van der Waals surface area contributed by atoms with Crippen molar-refractivity contribution in [2.75, 3.05) is 31.5 Å². The summed E-state index contributed by atoms with van der Waals surface area (Å²) >= 11 is 0. The van der Waals surface area contributed by atoms with Gasteiger partial charge in [0.15, 0.2) is 0 Å². The maximum atomic E-state index is 12.3. The van der Waals surface area contributed by atoms with E-state index in [0.717, 1.165) is 0 Å². The molecule has 0 aromatic heterocycles. The number of methoxy groups -OCH3 is 2. The molecule has 24 heavy (non-hydrogen) atoms. The molecule has 0 spiro atoms. The number of phenolic OH excluding ortho intramolecular Hbond substituents is 1. The average Bonchev–Trinajstić information content (AvgIpc) is 2.60.